The van der Waals surface area contributed by atoms with Crippen LogP contribution in [0, 0.1) is 0 Å². The van der Waals surface area contributed by atoms with Crippen LogP contribution in [-0.2, 0) is 0 Å². The summed E-state index contributed by atoms with van der Waals surface area (Å²) in [6.45, 7) is 0. The van der Waals surface area contributed by atoms with Gasteiger partial charge in [0.1, 0.15) is 28.6 Å². The number of carbonyl (C=O) groups is 1. The summed E-state index contributed by atoms with van der Waals surface area (Å²) in [5, 5.41) is 19.7. The fourth-order valence-electron chi connectivity index (χ4n) is 1.96. The number of benzene rings is 2. The van der Waals surface area contributed by atoms with Gasteiger partial charge in [-0.15, -0.1) is 0 Å². The van der Waals surface area contributed by atoms with Crippen molar-refractivity contribution in [2.75, 3.05) is 14.2 Å². The number of rotatable bonds is 5. The van der Waals surface area contributed by atoms with E-state index in [0.717, 1.165) is 5.56 Å². The third-order valence-electron chi connectivity index (χ3n) is 3.07. The molecule has 2 aromatic rings. The number of methoxy groups -OCH3 is 2. The van der Waals surface area contributed by atoms with Gasteiger partial charge in [0.25, 0.3) is 0 Å². The summed E-state index contributed by atoms with van der Waals surface area (Å²) in [6, 6.07) is 9.70. The second-order valence-electron chi connectivity index (χ2n) is 4.51. The highest BCUT2D eigenvalue weighted by Gasteiger charge is 2.15. The number of hydrogen-bond acceptors (Lipinski definition) is 5. The van der Waals surface area contributed by atoms with Gasteiger partial charge in [0.05, 0.1) is 14.2 Å². The Hall–Kier alpha value is -2.95. The maximum absolute atomic E-state index is 12.1. The summed E-state index contributed by atoms with van der Waals surface area (Å²) in [4.78, 5) is 12.1. The second-order valence-corrected chi connectivity index (χ2v) is 4.51. The van der Waals surface area contributed by atoms with Crippen molar-refractivity contribution in [3.63, 3.8) is 0 Å². The van der Waals surface area contributed by atoms with Crippen LogP contribution in [0.5, 0.6) is 23.0 Å². The summed E-state index contributed by atoms with van der Waals surface area (Å²) >= 11 is 0. The van der Waals surface area contributed by atoms with Crippen molar-refractivity contribution < 1.29 is 24.5 Å². The number of phenolic OH excluding ortho intramolecular Hbond substituents is 2. The molecule has 0 unspecified atom stereocenters. The second kappa shape index (κ2) is 6.67. The molecule has 0 aliphatic heterocycles. The van der Waals surface area contributed by atoms with Gasteiger partial charge in [-0.1, -0.05) is 18.2 Å². The Balaban J connectivity index is 2.27. The smallest absolute Gasteiger partial charge is 0.193 e. The van der Waals surface area contributed by atoms with E-state index >= 15 is 0 Å². The molecule has 0 aliphatic carbocycles. The van der Waals surface area contributed by atoms with Crippen LogP contribution in [0.1, 0.15) is 15.9 Å². The molecule has 0 heterocycles. The number of allylic oxidation sites excluding steroid dienone is 1. The molecule has 0 aromatic heterocycles. The molecule has 0 amide bonds. The van der Waals surface area contributed by atoms with E-state index in [0.29, 0.717) is 5.75 Å². The van der Waals surface area contributed by atoms with E-state index in [-0.39, 0.29) is 22.8 Å². The van der Waals surface area contributed by atoms with Crippen LogP contribution in [0.4, 0.5) is 0 Å². The maximum atomic E-state index is 12.1. The van der Waals surface area contributed by atoms with Crippen molar-refractivity contribution in [3.05, 3.63) is 53.6 Å². The van der Waals surface area contributed by atoms with Crippen LogP contribution in [0.3, 0.4) is 0 Å². The predicted octanol–water partition coefficient (Wildman–Crippen LogP) is 3.01. The topological polar surface area (TPSA) is 76.0 Å². The lowest BCUT2D eigenvalue weighted by molar-refractivity contribution is 0.104. The van der Waals surface area contributed by atoms with E-state index in [1.807, 2.05) is 0 Å². The summed E-state index contributed by atoms with van der Waals surface area (Å²) in [6.07, 6.45) is 2.85. The summed E-state index contributed by atoms with van der Waals surface area (Å²) in [7, 11) is 2.96. The molecule has 0 spiro atoms. The van der Waals surface area contributed by atoms with E-state index in [9.17, 15) is 15.0 Å². The van der Waals surface area contributed by atoms with Gasteiger partial charge in [0, 0.05) is 12.1 Å². The molecule has 5 nitrogen and oxygen atoms in total. The molecule has 0 bridgehead atoms. The van der Waals surface area contributed by atoms with E-state index in [1.165, 1.54) is 25.3 Å². The minimum atomic E-state index is -0.513. The Bertz CT molecular complexity index is 696. The molecule has 2 N–H and O–H groups in total. The van der Waals surface area contributed by atoms with E-state index in [2.05, 4.69) is 0 Å². The first kappa shape index (κ1) is 15.4. The minimum absolute atomic E-state index is 0.167. The molecule has 0 atom stereocenters. The first-order valence-corrected chi connectivity index (χ1v) is 6.51. The standard InChI is InChI=1S/C17H16O5/c1-21-12-5-3-4-11(8-12)6-7-14(18)17-15(19)9-13(22-2)10-16(17)20/h3-10,19-20H,1-2H3/b7-6+. The average molecular weight is 300 g/mol. The van der Waals surface area contributed by atoms with Crippen molar-refractivity contribution >= 4 is 11.9 Å². The van der Waals surface area contributed by atoms with Crippen molar-refractivity contribution in [1.82, 2.24) is 0 Å². The Morgan fingerprint density at radius 1 is 1.00 bits per heavy atom. The van der Waals surface area contributed by atoms with Gasteiger partial charge >= 0.3 is 0 Å². The number of hydrogen-bond donors (Lipinski definition) is 2. The van der Waals surface area contributed by atoms with Gasteiger partial charge in [-0.2, -0.15) is 0 Å². The minimum Gasteiger partial charge on any atom is -0.507 e. The largest absolute Gasteiger partial charge is 0.507 e. The molecule has 0 aliphatic rings. The van der Waals surface area contributed by atoms with Crippen LogP contribution in [0.25, 0.3) is 6.08 Å². The van der Waals surface area contributed by atoms with Crippen LogP contribution >= 0.6 is 0 Å². The lowest BCUT2D eigenvalue weighted by Crippen LogP contribution is -1.97. The van der Waals surface area contributed by atoms with Gasteiger partial charge in [0.15, 0.2) is 5.78 Å². The molecule has 114 valence electrons. The van der Waals surface area contributed by atoms with Crippen LogP contribution in [0.15, 0.2) is 42.5 Å². The third kappa shape index (κ3) is 3.38. The number of carbonyl (C=O) groups excluding carboxylic acids is 1. The highest BCUT2D eigenvalue weighted by Crippen LogP contribution is 2.33. The monoisotopic (exact) mass is 300 g/mol. The first-order chi connectivity index (χ1) is 10.5. The Morgan fingerprint density at radius 2 is 1.64 bits per heavy atom. The molecule has 0 fully saturated rings. The average Bonchev–Trinajstić information content (AvgIpc) is 2.52. The third-order valence-corrected chi connectivity index (χ3v) is 3.07. The molecular weight excluding hydrogens is 284 g/mol. The SMILES string of the molecule is COc1cccc(/C=C/C(=O)c2c(O)cc(OC)cc2O)c1. The molecular formula is C17H16O5. The summed E-state index contributed by atoms with van der Waals surface area (Å²) in [5.41, 5.74) is 0.597. The zero-order chi connectivity index (χ0) is 16.1. The van der Waals surface area contributed by atoms with Gasteiger partial charge in [-0.25, -0.2) is 0 Å². The predicted molar refractivity (Wildman–Crippen MR) is 82.7 cm³/mol. The zero-order valence-corrected chi connectivity index (χ0v) is 12.2. The molecule has 2 aromatic carbocycles. The van der Waals surface area contributed by atoms with Crippen molar-refractivity contribution in [2.45, 2.75) is 0 Å². The number of ketones is 1. The van der Waals surface area contributed by atoms with Crippen molar-refractivity contribution in [2.24, 2.45) is 0 Å². The van der Waals surface area contributed by atoms with Crippen LogP contribution in [0.2, 0.25) is 0 Å². The number of phenols is 2. The zero-order valence-electron chi connectivity index (χ0n) is 12.2. The summed E-state index contributed by atoms with van der Waals surface area (Å²) in [5.74, 6) is -0.247. The van der Waals surface area contributed by atoms with E-state index in [1.54, 1.807) is 37.5 Å². The van der Waals surface area contributed by atoms with Crippen LogP contribution < -0.4 is 9.47 Å². The number of aromatic hydroxyl groups is 2. The fraction of sp³-hybridized carbons (Fsp3) is 0.118. The van der Waals surface area contributed by atoms with Gasteiger partial charge < -0.3 is 19.7 Å². The molecule has 0 radical (unpaired) electrons. The van der Waals surface area contributed by atoms with Gasteiger partial charge in [-0.05, 0) is 23.8 Å². The summed E-state index contributed by atoms with van der Waals surface area (Å²) < 4.78 is 10.00. The lowest BCUT2D eigenvalue weighted by Gasteiger charge is -2.07. The lowest BCUT2D eigenvalue weighted by atomic mass is 10.1. The van der Waals surface area contributed by atoms with Crippen molar-refractivity contribution in [1.29, 1.82) is 0 Å². The Morgan fingerprint density at radius 3 is 2.23 bits per heavy atom. The highest BCUT2D eigenvalue weighted by atomic mass is 16.5. The molecule has 22 heavy (non-hydrogen) atoms. The normalized spacial score (nSPS) is 10.6. The molecule has 2 rings (SSSR count). The molecule has 0 saturated carbocycles. The van der Waals surface area contributed by atoms with E-state index < -0.39 is 5.78 Å². The molecule has 0 saturated heterocycles. The van der Waals surface area contributed by atoms with Crippen molar-refractivity contribution in [3.8, 4) is 23.0 Å². The molecule has 5 heteroatoms. The Labute approximate surface area is 128 Å². The van der Waals surface area contributed by atoms with Gasteiger partial charge in [0.2, 0.25) is 0 Å². The fourth-order valence-corrected chi connectivity index (χ4v) is 1.96. The first-order valence-electron chi connectivity index (χ1n) is 6.51. The van der Waals surface area contributed by atoms with E-state index in [4.69, 9.17) is 9.47 Å². The Kier molecular flexibility index (Phi) is 4.68. The van der Waals surface area contributed by atoms with Crippen LogP contribution in [-0.4, -0.2) is 30.2 Å². The maximum Gasteiger partial charge on any atom is 0.193 e. The van der Waals surface area contributed by atoms with Gasteiger partial charge in [-0.3, -0.25) is 4.79 Å². The number of ether oxygens (including phenoxy) is 2. The highest BCUT2D eigenvalue weighted by molar-refractivity contribution is 6.10. The quantitative estimate of drug-likeness (QED) is 0.655.